The molecule has 0 spiro atoms. The molecule has 0 fully saturated rings. The molecule has 0 saturated carbocycles. The minimum absolute atomic E-state index is 0.0404. The summed E-state index contributed by atoms with van der Waals surface area (Å²) >= 11 is 1.55. The molecule has 0 atom stereocenters. The maximum Gasteiger partial charge on any atom is 0.225 e. The summed E-state index contributed by atoms with van der Waals surface area (Å²) in [5, 5.41) is 4.34. The van der Waals surface area contributed by atoms with Gasteiger partial charge in [-0.3, -0.25) is 4.79 Å². The largest absolute Gasteiger partial charge is 0.352 e. The summed E-state index contributed by atoms with van der Waals surface area (Å²) in [5.41, 5.74) is 0.877. The summed E-state index contributed by atoms with van der Waals surface area (Å²) < 4.78 is 24.0. The van der Waals surface area contributed by atoms with E-state index in [9.17, 15) is 13.2 Å². The molecule has 1 amide bonds. The zero-order valence-corrected chi connectivity index (χ0v) is 14.2. The van der Waals surface area contributed by atoms with E-state index in [2.05, 4.69) is 5.32 Å². The number of hydrogen-bond donors (Lipinski definition) is 1. The fourth-order valence-corrected chi connectivity index (χ4v) is 3.67. The summed E-state index contributed by atoms with van der Waals surface area (Å²) in [6, 6.07) is 10.5. The molecule has 1 aromatic heterocycles. The fraction of sp³-hybridized carbons (Fsp3) is 0.312. The Morgan fingerprint density at radius 3 is 2.41 bits per heavy atom. The van der Waals surface area contributed by atoms with Crippen LogP contribution in [-0.2, 0) is 27.6 Å². The molecule has 0 unspecified atom stereocenters. The molecule has 0 aliphatic carbocycles. The molecule has 0 saturated heterocycles. The molecule has 6 heteroatoms. The van der Waals surface area contributed by atoms with E-state index in [0.29, 0.717) is 17.9 Å². The van der Waals surface area contributed by atoms with Gasteiger partial charge in [-0.15, -0.1) is 11.3 Å². The van der Waals surface area contributed by atoms with Gasteiger partial charge < -0.3 is 5.32 Å². The molecule has 0 aliphatic rings. The lowest BCUT2D eigenvalue weighted by atomic mass is 10.2. The first-order valence-electron chi connectivity index (χ1n) is 7.01. The van der Waals surface area contributed by atoms with Gasteiger partial charge >= 0.3 is 0 Å². The molecular formula is C16H19NO3S2. The highest BCUT2D eigenvalue weighted by Gasteiger charge is 2.18. The summed E-state index contributed by atoms with van der Waals surface area (Å²) in [6.45, 7) is 3.72. The Morgan fingerprint density at radius 1 is 1.18 bits per heavy atom. The Hall–Kier alpha value is -1.66. The fourth-order valence-electron chi connectivity index (χ4n) is 1.90. The van der Waals surface area contributed by atoms with Crippen molar-refractivity contribution < 1.29 is 13.2 Å². The van der Waals surface area contributed by atoms with Crippen molar-refractivity contribution in [2.24, 2.45) is 0 Å². The van der Waals surface area contributed by atoms with Gasteiger partial charge in [0.15, 0.2) is 9.84 Å². The average Bonchev–Trinajstić information content (AvgIpc) is 2.98. The topological polar surface area (TPSA) is 63.2 Å². The highest BCUT2D eigenvalue weighted by molar-refractivity contribution is 7.92. The highest BCUT2D eigenvalue weighted by Crippen LogP contribution is 2.16. The van der Waals surface area contributed by atoms with Crippen LogP contribution in [0, 0.1) is 0 Å². The van der Waals surface area contributed by atoms with Crippen LogP contribution in [0.4, 0.5) is 0 Å². The second kappa shape index (κ2) is 7.07. The Kier molecular flexibility index (Phi) is 5.37. The third-order valence-electron chi connectivity index (χ3n) is 3.28. The maximum absolute atomic E-state index is 12.0. The van der Waals surface area contributed by atoms with Crippen LogP contribution < -0.4 is 5.32 Å². The van der Waals surface area contributed by atoms with Crippen molar-refractivity contribution in [1.29, 1.82) is 0 Å². The van der Waals surface area contributed by atoms with Crippen molar-refractivity contribution in [1.82, 2.24) is 5.32 Å². The van der Waals surface area contributed by atoms with Crippen LogP contribution in [-0.4, -0.2) is 19.6 Å². The van der Waals surface area contributed by atoms with E-state index in [1.54, 1.807) is 49.4 Å². The van der Waals surface area contributed by atoms with Crippen LogP contribution in [0.5, 0.6) is 0 Å². The normalized spacial score (nSPS) is 11.6. The number of hydrogen-bond acceptors (Lipinski definition) is 4. The molecule has 2 aromatic rings. The molecule has 0 radical (unpaired) electrons. The lowest BCUT2D eigenvalue weighted by molar-refractivity contribution is -0.120. The lowest BCUT2D eigenvalue weighted by Gasteiger charge is -2.09. The summed E-state index contributed by atoms with van der Waals surface area (Å²) in [6.07, 6.45) is 0.372. The summed E-state index contributed by atoms with van der Waals surface area (Å²) in [7, 11) is -3.25. The molecule has 1 N–H and O–H groups in total. The number of amides is 1. The zero-order chi connectivity index (χ0) is 16.2. The molecule has 2 rings (SSSR count). The highest BCUT2D eigenvalue weighted by atomic mass is 32.2. The number of carbonyl (C=O) groups is 1. The smallest absolute Gasteiger partial charge is 0.225 e. The molecule has 22 heavy (non-hydrogen) atoms. The third-order valence-corrected chi connectivity index (χ3v) is 6.32. The number of nitrogens with one attached hydrogen (secondary N) is 1. The van der Waals surface area contributed by atoms with Crippen LogP contribution in [0.2, 0.25) is 0 Å². The lowest BCUT2D eigenvalue weighted by Crippen LogP contribution is -2.24. The van der Waals surface area contributed by atoms with E-state index in [4.69, 9.17) is 0 Å². The predicted octanol–water partition coefficient (Wildman–Crippen LogP) is 2.79. The Bertz CT molecular complexity index is 717. The van der Waals surface area contributed by atoms with Crippen LogP contribution in [0.25, 0.3) is 0 Å². The van der Waals surface area contributed by atoms with Gasteiger partial charge in [0.25, 0.3) is 0 Å². The molecule has 0 aliphatic heterocycles. The van der Waals surface area contributed by atoms with Crippen molar-refractivity contribution in [3.63, 3.8) is 0 Å². The minimum Gasteiger partial charge on any atom is -0.352 e. The second-order valence-corrected chi connectivity index (χ2v) is 8.81. The molecule has 1 heterocycles. The van der Waals surface area contributed by atoms with Gasteiger partial charge in [-0.05, 0) is 43.0 Å². The molecule has 0 bridgehead atoms. The van der Waals surface area contributed by atoms with Crippen molar-refractivity contribution in [2.45, 2.75) is 37.0 Å². The van der Waals surface area contributed by atoms with Crippen LogP contribution in [0.3, 0.4) is 0 Å². The van der Waals surface area contributed by atoms with E-state index in [1.807, 2.05) is 17.5 Å². The first-order valence-corrected chi connectivity index (χ1v) is 9.44. The first-order chi connectivity index (χ1) is 10.4. The SMILES string of the molecule is CC(C)S(=O)(=O)c1ccc(CNC(=O)Cc2cccs2)cc1. The summed E-state index contributed by atoms with van der Waals surface area (Å²) in [5.74, 6) is -0.0404. The molecule has 1 aromatic carbocycles. The Balaban J connectivity index is 1.93. The van der Waals surface area contributed by atoms with E-state index in [1.165, 1.54) is 0 Å². The maximum atomic E-state index is 12.0. The van der Waals surface area contributed by atoms with Crippen molar-refractivity contribution in [3.8, 4) is 0 Å². The summed E-state index contributed by atoms with van der Waals surface area (Å²) in [4.78, 5) is 13.1. The van der Waals surface area contributed by atoms with Crippen molar-refractivity contribution in [2.75, 3.05) is 0 Å². The van der Waals surface area contributed by atoms with Crippen LogP contribution >= 0.6 is 11.3 Å². The van der Waals surface area contributed by atoms with E-state index >= 15 is 0 Å². The van der Waals surface area contributed by atoms with Crippen molar-refractivity contribution in [3.05, 3.63) is 52.2 Å². The third kappa shape index (κ3) is 4.18. The predicted molar refractivity (Wildman–Crippen MR) is 88.6 cm³/mol. The quantitative estimate of drug-likeness (QED) is 0.881. The van der Waals surface area contributed by atoms with Gasteiger partial charge in [0.2, 0.25) is 5.91 Å². The molecule has 4 nitrogen and oxygen atoms in total. The van der Waals surface area contributed by atoms with Crippen LogP contribution in [0.1, 0.15) is 24.3 Å². The van der Waals surface area contributed by atoms with E-state index in [0.717, 1.165) is 10.4 Å². The van der Waals surface area contributed by atoms with Crippen LogP contribution in [0.15, 0.2) is 46.7 Å². The van der Waals surface area contributed by atoms with Gasteiger partial charge in [0.05, 0.1) is 16.6 Å². The monoisotopic (exact) mass is 337 g/mol. The first kappa shape index (κ1) is 16.7. The Labute approximate surface area is 135 Å². The standard InChI is InChI=1S/C16H19NO3S2/c1-12(2)22(19,20)15-7-5-13(6-8-15)11-17-16(18)10-14-4-3-9-21-14/h3-9,12H,10-11H2,1-2H3,(H,17,18). The number of thiophene rings is 1. The molecular weight excluding hydrogens is 318 g/mol. The van der Waals surface area contributed by atoms with Crippen molar-refractivity contribution >= 4 is 27.1 Å². The average molecular weight is 337 g/mol. The Morgan fingerprint density at radius 2 is 1.86 bits per heavy atom. The van der Waals surface area contributed by atoms with Gasteiger partial charge in [0, 0.05) is 11.4 Å². The van der Waals surface area contributed by atoms with Gasteiger partial charge in [-0.2, -0.15) is 0 Å². The number of benzene rings is 1. The second-order valence-electron chi connectivity index (χ2n) is 5.27. The minimum atomic E-state index is -3.25. The number of rotatable bonds is 6. The number of sulfone groups is 1. The number of carbonyl (C=O) groups excluding carboxylic acids is 1. The van der Waals surface area contributed by atoms with E-state index in [-0.39, 0.29) is 5.91 Å². The zero-order valence-electron chi connectivity index (χ0n) is 12.6. The molecule has 118 valence electrons. The van der Waals surface area contributed by atoms with Gasteiger partial charge in [-0.1, -0.05) is 18.2 Å². The van der Waals surface area contributed by atoms with E-state index < -0.39 is 15.1 Å². The van der Waals surface area contributed by atoms with Gasteiger partial charge in [-0.25, -0.2) is 8.42 Å². The van der Waals surface area contributed by atoms with Gasteiger partial charge in [0.1, 0.15) is 0 Å².